The summed E-state index contributed by atoms with van der Waals surface area (Å²) >= 11 is 0. The van der Waals surface area contributed by atoms with Crippen molar-refractivity contribution >= 4 is 10.9 Å². The van der Waals surface area contributed by atoms with Crippen molar-refractivity contribution in [3.8, 4) is 0 Å². The fourth-order valence-electron chi connectivity index (χ4n) is 2.26. The van der Waals surface area contributed by atoms with E-state index < -0.39 is 0 Å². The number of nitrogens with one attached hydrogen (secondary N) is 1. The topological polar surface area (TPSA) is 17.0 Å². The summed E-state index contributed by atoms with van der Waals surface area (Å²) in [6, 6.07) is 5.19. The minimum atomic E-state index is -0.178. The van der Waals surface area contributed by atoms with Gasteiger partial charge < -0.3 is 9.88 Å². The first kappa shape index (κ1) is 11.1. The van der Waals surface area contributed by atoms with Crippen LogP contribution in [0.3, 0.4) is 0 Å². The highest BCUT2D eigenvalue weighted by Gasteiger charge is 2.16. The second-order valence-electron chi connectivity index (χ2n) is 4.23. The Balaban J connectivity index is 2.80. The van der Waals surface area contributed by atoms with Crippen LogP contribution in [-0.4, -0.2) is 11.6 Å². The van der Waals surface area contributed by atoms with Gasteiger partial charge in [-0.1, -0.05) is 0 Å². The van der Waals surface area contributed by atoms with Gasteiger partial charge in [0.15, 0.2) is 0 Å². The Kier molecular flexibility index (Phi) is 2.72. The van der Waals surface area contributed by atoms with Crippen LogP contribution < -0.4 is 5.32 Å². The summed E-state index contributed by atoms with van der Waals surface area (Å²) in [5.41, 5.74) is 3.44. The van der Waals surface area contributed by atoms with Crippen LogP contribution in [0.15, 0.2) is 18.2 Å². The number of benzene rings is 1. The van der Waals surface area contributed by atoms with Crippen molar-refractivity contribution in [1.29, 1.82) is 0 Å². The van der Waals surface area contributed by atoms with E-state index in [2.05, 4.69) is 23.7 Å². The van der Waals surface area contributed by atoms with E-state index in [4.69, 9.17) is 0 Å². The van der Waals surface area contributed by atoms with E-state index in [9.17, 15) is 4.39 Å². The highest BCUT2D eigenvalue weighted by atomic mass is 19.1. The zero-order chi connectivity index (χ0) is 11.9. The molecule has 1 heterocycles. The molecule has 0 aliphatic carbocycles. The lowest BCUT2D eigenvalue weighted by Crippen LogP contribution is -2.13. The lowest BCUT2D eigenvalue weighted by molar-refractivity contribution is 0.628. The van der Waals surface area contributed by atoms with E-state index in [0.29, 0.717) is 0 Å². The molecule has 0 spiro atoms. The number of fused-ring (bicyclic) bond motifs is 1. The third-order valence-electron chi connectivity index (χ3n) is 3.37. The fourth-order valence-corrected chi connectivity index (χ4v) is 2.26. The van der Waals surface area contributed by atoms with E-state index in [1.54, 1.807) is 6.07 Å². The molecule has 1 aromatic heterocycles. The van der Waals surface area contributed by atoms with Gasteiger partial charge in [0.05, 0.1) is 0 Å². The van der Waals surface area contributed by atoms with Crippen molar-refractivity contribution in [3.63, 3.8) is 0 Å². The van der Waals surface area contributed by atoms with E-state index in [-0.39, 0.29) is 11.9 Å². The van der Waals surface area contributed by atoms with E-state index in [1.165, 1.54) is 17.3 Å². The largest absolute Gasteiger partial charge is 0.348 e. The van der Waals surface area contributed by atoms with Crippen LogP contribution in [-0.2, 0) is 7.05 Å². The van der Waals surface area contributed by atoms with Crippen LogP contribution >= 0.6 is 0 Å². The number of rotatable bonds is 2. The van der Waals surface area contributed by atoms with Gasteiger partial charge in [0, 0.05) is 29.7 Å². The molecule has 1 aromatic carbocycles. The van der Waals surface area contributed by atoms with Gasteiger partial charge in [-0.25, -0.2) is 4.39 Å². The van der Waals surface area contributed by atoms with Gasteiger partial charge in [-0.2, -0.15) is 0 Å². The van der Waals surface area contributed by atoms with Gasteiger partial charge in [0.25, 0.3) is 0 Å². The van der Waals surface area contributed by atoms with Gasteiger partial charge in [-0.15, -0.1) is 0 Å². The molecule has 2 rings (SSSR count). The normalized spacial score (nSPS) is 13.3. The van der Waals surface area contributed by atoms with Gasteiger partial charge in [-0.3, -0.25) is 0 Å². The predicted molar refractivity (Wildman–Crippen MR) is 65.1 cm³/mol. The lowest BCUT2D eigenvalue weighted by Gasteiger charge is -2.11. The van der Waals surface area contributed by atoms with Crippen LogP contribution in [0.5, 0.6) is 0 Å². The fraction of sp³-hybridized carbons (Fsp3) is 0.385. The molecular weight excluding hydrogens is 203 g/mol. The molecule has 0 saturated heterocycles. The summed E-state index contributed by atoms with van der Waals surface area (Å²) in [6.07, 6.45) is 0. The van der Waals surface area contributed by atoms with Crippen molar-refractivity contribution in [2.24, 2.45) is 7.05 Å². The van der Waals surface area contributed by atoms with E-state index in [0.717, 1.165) is 10.9 Å². The molecule has 0 amide bonds. The standard InChI is InChI=1S/C13H17FN2/c1-8(15-3)13-9(2)16(4)12-6-5-10(14)7-11(12)13/h5-8,15H,1-4H3. The quantitative estimate of drug-likeness (QED) is 0.823. The minimum absolute atomic E-state index is 0.178. The minimum Gasteiger partial charge on any atom is -0.348 e. The highest BCUT2D eigenvalue weighted by Crippen LogP contribution is 2.30. The third kappa shape index (κ3) is 1.52. The highest BCUT2D eigenvalue weighted by molar-refractivity contribution is 5.86. The zero-order valence-electron chi connectivity index (χ0n) is 10.1. The molecule has 86 valence electrons. The van der Waals surface area contributed by atoms with Crippen LogP contribution in [0.4, 0.5) is 4.39 Å². The first-order chi connectivity index (χ1) is 7.56. The first-order valence-corrected chi connectivity index (χ1v) is 5.48. The molecule has 1 atom stereocenters. The predicted octanol–water partition coefficient (Wildman–Crippen LogP) is 2.91. The summed E-state index contributed by atoms with van der Waals surface area (Å²) in [5, 5.41) is 4.21. The van der Waals surface area contributed by atoms with Gasteiger partial charge in [-0.05, 0) is 44.7 Å². The Hall–Kier alpha value is -1.35. The van der Waals surface area contributed by atoms with Crippen molar-refractivity contribution in [3.05, 3.63) is 35.3 Å². The zero-order valence-corrected chi connectivity index (χ0v) is 10.1. The number of nitrogens with zero attached hydrogens (tertiary/aromatic N) is 1. The van der Waals surface area contributed by atoms with Crippen molar-refractivity contribution in [2.45, 2.75) is 19.9 Å². The Morgan fingerprint density at radius 1 is 1.38 bits per heavy atom. The van der Waals surface area contributed by atoms with Crippen LogP contribution in [0.2, 0.25) is 0 Å². The smallest absolute Gasteiger partial charge is 0.123 e. The molecule has 3 heteroatoms. The summed E-state index contributed by atoms with van der Waals surface area (Å²) in [5.74, 6) is -0.178. The molecule has 0 bridgehead atoms. The van der Waals surface area contributed by atoms with Crippen molar-refractivity contribution in [1.82, 2.24) is 9.88 Å². The summed E-state index contributed by atoms with van der Waals surface area (Å²) in [4.78, 5) is 0. The molecule has 0 saturated carbocycles. The van der Waals surface area contributed by atoms with Gasteiger partial charge in [0.1, 0.15) is 5.82 Å². The maximum atomic E-state index is 13.3. The Labute approximate surface area is 95.1 Å². The second-order valence-corrected chi connectivity index (χ2v) is 4.23. The first-order valence-electron chi connectivity index (χ1n) is 5.48. The average molecular weight is 220 g/mol. The SMILES string of the molecule is CNC(C)c1c(C)n(C)c2ccc(F)cc12. The summed E-state index contributed by atoms with van der Waals surface area (Å²) in [6.45, 7) is 4.16. The number of hydrogen-bond acceptors (Lipinski definition) is 1. The number of aromatic nitrogens is 1. The monoisotopic (exact) mass is 220 g/mol. The van der Waals surface area contributed by atoms with Crippen LogP contribution in [0.25, 0.3) is 10.9 Å². The molecule has 1 unspecified atom stereocenters. The second kappa shape index (κ2) is 3.91. The maximum Gasteiger partial charge on any atom is 0.123 e. The molecule has 0 aliphatic rings. The maximum absolute atomic E-state index is 13.3. The van der Waals surface area contributed by atoms with E-state index >= 15 is 0 Å². The van der Waals surface area contributed by atoms with Crippen molar-refractivity contribution in [2.75, 3.05) is 7.05 Å². The van der Waals surface area contributed by atoms with Gasteiger partial charge >= 0.3 is 0 Å². The van der Waals surface area contributed by atoms with Crippen molar-refractivity contribution < 1.29 is 4.39 Å². The molecule has 2 aromatic rings. The van der Waals surface area contributed by atoms with E-state index in [1.807, 2.05) is 20.2 Å². The number of hydrogen-bond donors (Lipinski definition) is 1. The summed E-state index contributed by atoms with van der Waals surface area (Å²) < 4.78 is 15.4. The third-order valence-corrected chi connectivity index (χ3v) is 3.37. The summed E-state index contributed by atoms with van der Waals surface area (Å²) in [7, 11) is 3.93. The average Bonchev–Trinajstić information content (AvgIpc) is 2.51. The number of aryl methyl sites for hydroxylation is 1. The Morgan fingerprint density at radius 2 is 2.06 bits per heavy atom. The molecule has 0 aliphatic heterocycles. The lowest BCUT2D eigenvalue weighted by atomic mass is 10.0. The Bertz CT molecular complexity index is 528. The molecule has 1 N–H and O–H groups in total. The molecule has 16 heavy (non-hydrogen) atoms. The van der Waals surface area contributed by atoms with Crippen LogP contribution in [0.1, 0.15) is 24.2 Å². The van der Waals surface area contributed by atoms with Gasteiger partial charge in [0.2, 0.25) is 0 Å². The molecule has 0 radical (unpaired) electrons. The molecule has 0 fully saturated rings. The molecular formula is C13H17FN2. The Morgan fingerprint density at radius 3 is 2.69 bits per heavy atom. The van der Waals surface area contributed by atoms with Crippen LogP contribution in [0, 0.1) is 12.7 Å². The molecule has 2 nitrogen and oxygen atoms in total. The number of halogens is 1.